The van der Waals surface area contributed by atoms with Crippen LogP contribution in [0, 0.1) is 0 Å². The van der Waals surface area contributed by atoms with Gasteiger partial charge in [-0.25, -0.2) is 4.79 Å². The highest BCUT2D eigenvalue weighted by atomic mass is 16.4. The van der Waals surface area contributed by atoms with Crippen molar-refractivity contribution in [2.75, 3.05) is 13.2 Å². The molecule has 38 heavy (non-hydrogen) atoms. The molecule has 4 unspecified atom stereocenters. The molecule has 0 spiro atoms. The second-order valence-corrected chi connectivity index (χ2v) is 8.30. The molecule has 0 radical (unpaired) electrons. The van der Waals surface area contributed by atoms with Crippen molar-refractivity contribution < 1.29 is 39.3 Å². The van der Waals surface area contributed by atoms with Gasteiger partial charge in [-0.15, -0.1) is 0 Å². The third-order valence-electron chi connectivity index (χ3n) is 5.14. The van der Waals surface area contributed by atoms with Crippen molar-refractivity contribution in [3.63, 3.8) is 0 Å². The van der Waals surface area contributed by atoms with Crippen LogP contribution in [0.5, 0.6) is 5.75 Å². The van der Waals surface area contributed by atoms with Crippen LogP contribution in [0.3, 0.4) is 0 Å². The number of rotatable bonds is 16. The third-order valence-corrected chi connectivity index (χ3v) is 5.14. The number of aliphatic imine (C=N–C) groups is 1. The first-order chi connectivity index (χ1) is 17.8. The Morgan fingerprint density at radius 2 is 1.42 bits per heavy atom. The summed E-state index contributed by atoms with van der Waals surface area (Å²) in [5.74, 6) is -5.15. The fourth-order valence-electron chi connectivity index (χ4n) is 3.17. The van der Waals surface area contributed by atoms with E-state index in [0.717, 1.165) is 0 Å². The average molecular weight is 539 g/mol. The Hall–Kier alpha value is -4.44. The number of aliphatic carboxylic acids is 1. The van der Waals surface area contributed by atoms with Crippen LogP contribution in [-0.2, 0) is 30.4 Å². The topological polar surface area (TPSA) is 299 Å². The molecule has 1 aromatic carbocycles. The summed E-state index contributed by atoms with van der Waals surface area (Å²) in [7, 11) is 0. The van der Waals surface area contributed by atoms with Gasteiger partial charge in [0.05, 0.1) is 19.1 Å². The minimum absolute atomic E-state index is 0.000413. The van der Waals surface area contributed by atoms with Crippen molar-refractivity contribution >= 4 is 35.6 Å². The maximum atomic E-state index is 13.2. The van der Waals surface area contributed by atoms with E-state index in [1.165, 1.54) is 24.3 Å². The average Bonchev–Trinajstić information content (AvgIpc) is 2.84. The van der Waals surface area contributed by atoms with Gasteiger partial charge in [0.1, 0.15) is 23.9 Å². The molecule has 0 fully saturated rings. The molecule has 0 saturated carbocycles. The van der Waals surface area contributed by atoms with Crippen LogP contribution in [0.15, 0.2) is 29.3 Å². The van der Waals surface area contributed by atoms with Gasteiger partial charge in [0.2, 0.25) is 23.6 Å². The Kier molecular flexibility index (Phi) is 13.0. The molecule has 0 bridgehead atoms. The minimum atomic E-state index is -1.64. The van der Waals surface area contributed by atoms with Crippen LogP contribution in [0.2, 0.25) is 0 Å². The normalized spacial score (nSPS) is 13.7. The number of hydrogen-bond acceptors (Lipinski definition) is 9. The lowest BCUT2D eigenvalue weighted by Crippen LogP contribution is -2.58. The summed E-state index contributed by atoms with van der Waals surface area (Å²) >= 11 is 0. The van der Waals surface area contributed by atoms with Gasteiger partial charge in [-0.3, -0.25) is 24.2 Å². The van der Waals surface area contributed by atoms with Crippen LogP contribution in [-0.4, -0.2) is 88.2 Å². The third kappa shape index (κ3) is 11.5. The molecule has 0 heterocycles. The van der Waals surface area contributed by atoms with Gasteiger partial charge in [-0.2, -0.15) is 0 Å². The highest BCUT2D eigenvalue weighted by molar-refractivity contribution is 5.95. The van der Waals surface area contributed by atoms with Gasteiger partial charge in [-0.1, -0.05) is 12.1 Å². The maximum Gasteiger partial charge on any atom is 0.328 e. The number of nitrogens with one attached hydrogen (secondary N) is 3. The summed E-state index contributed by atoms with van der Waals surface area (Å²) in [4.78, 5) is 64.7. The summed E-state index contributed by atoms with van der Waals surface area (Å²) in [5.41, 5.74) is 21.8. The predicted octanol–water partition coefficient (Wildman–Crippen LogP) is -4.28. The summed E-state index contributed by atoms with van der Waals surface area (Å²) < 4.78 is 0. The number of guanidine groups is 1. The first-order valence-corrected chi connectivity index (χ1v) is 11.5. The van der Waals surface area contributed by atoms with Crippen molar-refractivity contribution in [3.8, 4) is 5.75 Å². The van der Waals surface area contributed by atoms with Gasteiger partial charge in [-0.05, 0) is 30.5 Å². The number of hydrogen-bond donors (Lipinski definition) is 10. The number of carboxylic acid groups (broad SMARTS) is 1. The van der Waals surface area contributed by atoms with Crippen molar-refractivity contribution in [2.45, 2.75) is 49.9 Å². The molecule has 0 aliphatic heterocycles. The molecule has 16 heteroatoms. The number of benzene rings is 1. The van der Waals surface area contributed by atoms with Gasteiger partial charge in [0.25, 0.3) is 0 Å². The Balaban J connectivity index is 3.15. The lowest BCUT2D eigenvalue weighted by Gasteiger charge is -2.25. The smallest absolute Gasteiger partial charge is 0.328 e. The number of carbonyl (C=O) groups is 5. The maximum absolute atomic E-state index is 13.2. The van der Waals surface area contributed by atoms with Gasteiger partial charge < -0.3 is 54.2 Å². The first-order valence-electron chi connectivity index (χ1n) is 11.5. The predicted molar refractivity (Wildman–Crippen MR) is 134 cm³/mol. The molecule has 14 N–H and O–H groups in total. The molecule has 0 aromatic heterocycles. The summed E-state index contributed by atoms with van der Waals surface area (Å²) in [6.45, 7) is -0.786. The van der Waals surface area contributed by atoms with Gasteiger partial charge >= 0.3 is 5.97 Å². The van der Waals surface area contributed by atoms with Crippen LogP contribution in [0.1, 0.15) is 24.8 Å². The lowest BCUT2D eigenvalue weighted by atomic mass is 10.0. The molecular formula is C22H34N8O8. The molecule has 16 nitrogen and oxygen atoms in total. The van der Waals surface area contributed by atoms with E-state index in [9.17, 15) is 34.2 Å². The Morgan fingerprint density at radius 3 is 1.95 bits per heavy atom. The molecule has 4 atom stereocenters. The van der Waals surface area contributed by atoms with Crippen molar-refractivity contribution in [1.29, 1.82) is 0 Å². The van der Waals surface area contributed by atoms with Crippen LogP contribution >= 0.6 is 0 Å². The lowest BCUT2D eigenvalue weighted by molar-refractivity contribution is -0.143. The van der Waals surface area contributed by atoms with Crippen LogP contribution in [0.25, 0.3) is 0 Å². The molecule has 4 amide bonds. The van der Waals surface area contributed by atoms with Crippen molar-refractivity contribution in [1.82, 2.24) is 16.0 Å². The van der Waals surface area contributed by atoms with Crippen molar-refractivity contribution in [2.24, 2.45) is 27.9 Å². The molecule has 1 aromatic rings. The standard InChI is InChI=1S/C22H34N8O8/c23-13(9-17(24)33)18(34)28-14(2-1-7-27-22(25)26)19(35)29-15(8-11-3-5-12(32)6-4-11)20(36)30-16(10-31)21(37)38/h3-6,13-16,31-32H,1-2,7-10,23H2,(H2,24,33)(H,28,34)(H,29,35)(H,30,36)(H,37,38)(H4,25,26,27). The van der Waals surface area contributed by atoms with E-state index >= 15 is 0 Å². The minimum Gasteiger partial charge on any atom is -0.508 e. The van der Waals surface area contributed by atoms with E-state index in [0.29, 0.717) is 5.56 Å². The summed E-state index contributed by atoms with van der Waals surface area (Å²) in [6, 6.07) is 0.107. The SMILES string of the molecule is NC(=O)CC(N)C(=O)NC(CCCN=C(N)N)C(=O)NC(Cc1ccc(O)cc1)C(=O)NC(CO)C(=O)O. The summed E-state index contributed by atoms with van der Waals surface area (Å²) in [6.07, 6.45) is -0.384. The number of aromatic hydroxyl groups is 1. The molecule has 210 valence electrons. The highest BCUT2D eigenvalue weighted by Gasteiger charge is 2.30. The monoisotopic (exact) mass is 538 g/mol. The van der Waals surface area contributed by atoms with Gasteiger partial charge in [0.15, 0.2) is 5.96 Å². The van der Waals surface area contributed by atoms with Crippen LogP contribution in [0.4, 0.5) is 0 Å². The van der Waals surface area contributed by atoms with E-state index in [2.05, 4.69) is 20.9 Å². The summed E-state index contributed by atoms with van der Waals surface area (Å²) in [5, 5.41) is 34.9. The quantitative estimate of drug-likeness (QED) is 0.0545. The first kappa shape index (κ1) is 31.6. The van der Waals surface area contributed by atoms with E-state index in [1.807, 2.05) is 0 Å². The number of carbonyl (C=O) groups excluding carboxylic acids is 4. The number of primary amides is 1. The van der Waals surface area contributed by atoms with Crippen LogP contribution < -0.4 is 38.9 Å². The highest BCUT2D eigenvalue weighted by Crippen LogP contribution is 2.12. The number of amides is 4. The second-order valence-electron chi connectivity index (χ2n) is 8.30. The van der Waals surface area contributed by atoms with E-state index < -0.39 is 66.8 Å². The number of nitrogens with two attached hydrogens (primary N) is 4. The molecule has 0 aliphatic carbocycles. The number of aliphatic hydroxyl groups is 1. The fourth-order valence-corrected chi connectivity index (χ4v) is 3.17. The van der Waals surface area contributed by atoms with Crippen molar-refractivity contribution in [3.05, 3.63) is 29.8 Å². The van der Waals surface area contributed by atoms with E-state index in [-0.39, 0.29) is 37.5 Å². The number of nitrogens with zero attached hydrogens (tertiary/aromatic N) is 1. The molecule has 0 saturated heterocycles. The van der Waals surface area contributed by atoms with E-state index in [1.54, 1.807) is 0 Å². The fraction of sp³-hybridized carbons (Fsp3) is 0.455. The molecule has 1 rings (SSSR count). The molecular weight excluding hydrogens is 504 g/mol. The Labute approximate surface area is 217 Å². The Morgan fingerprint density at radius 1 is 0.868 bits per heavy atom. The van der Waals surface area contributed by atoms with Gasteiger partial charge in [0, 0.05) is 13.0 Å². The largest absolute Gasteiger partial charge is 0.508 e. The number of phenolic OH excluding ortho intramolecular Hbond substituents is 1. The second kappa shape index (κ2) is 15.6. The Bertz CT molecular complexity index is 1010. The van der Waals surface area contributed by atoms with E-state index in [4.69, 9.17) is 28.0 Å². The molecule has 0 aliphatic rings. The zero-order chi connectivity index (χ0) is 28.8. The number of carboxylic acids is 1. The number of phenols is 1. The zero-order valence-electron chi connectivity index (χ0n) is 20.5. The number of aliphatic hydroxyl groups excluding tert-OH is 1. The zero-order valence-corrected chi connectivity index (χ0v) is 20.5.